The Morgan fingerprint density at radius 3 is 2.87 bits per heavy atom. The highest BCUT2D eigenvalue weighted by Gasteiger charge is 2.04. The third-order valence-electron chi connectivity index (χ3n) is 2.04. The number of hydrogen-bond acceptors (Lipinski definition) is 3. The second kappa shape index (κ2) is 6.02. The lowest BCUT2D eigenvalue weighted by Crippen LogP contribution is -2.12. The molecule has 0 fully saturated rings. The Kier molecular flexibility index (Phi) is 4.97. The summed E-state index contributed by atoms with van der Waals surface area (Å²) in [6, 6.07) is 7.45. The van der Waals surface area contributed by atoms with Crippen LogP contribution in [0.4, 0.5) is 0 Å². The molecule has 1 unspecified atom stereocenters. The van der Waals surface area contributed by atoms with E-state index in [2.05, 4.69) is 13.0 Å². The Morgan fingerprint density at radius 2 is 2.33 bits per heavy atom. The molecule has 1 aromatic rings. The van der Waals surface area contributed by atoms with E-state index in [0.717, 1.165) is 11.3 Å². The summed E-state index contributed by atoms with van der Waals surface area (Å²) in [7, 11) is 0. The summed E-state index contributed by atoms with van der Waals surface area (Å²) in [5.41, 5.74) is 7.18. The topological polar surface area (TPSA) is 49.8 Å². The number of nitrogens with zero attached hydrogens (tertiary/aromatic N) is 1. The van der Waals surface area contributed by atoms with Gasteiger partial charge >= 0.3 is 0 Å². The van der Waals surface area contributed by atoms with Crippen molar-refractivity contribution in [3.05, 3.63) is 34.3 Å². The zero-order valence-corrected chi connectivity index (χ0v) is 10.1. The van der Waals surface area contributed by atoms with Gasteiger partial charge in [-0.15, -0.1) is 0 Å². The highest BCUT2D eigenvalue weighted by Crippen LogP contribution is 2.24. The first-order valence-electron chi connectivity index (χ1n) is 4.67. The van der Waals surface area contributed by atoms with Gasteiger partial charge in [-0.2, -0.15) is 17.0 Å². The second-order valence-corrected chi connectivity index (χ2v) is 5.11. The Bertz CT molecular complexity index is 373. The lowest BCUT2D eigenvalue weighted by molar-refractivity contribution is 0.951. The first-order chi connectivity index (χ1) is 7.17. The molecule has 0 bridgehead atoms. The first-order valence-corrected chi connectivity index (χ1v) is 6.10. The quantitative estimate of drug-likeness (QED) is 0.881. The van der Waals surface area contributed by atoms with Crippen molar-refractivity contribution in [2.45, 2.75) is 17.9 Å². The fourth-order valence-electron chi connectivity index (χ4n) is 1.03. The van der Waals surface area contributed by atoms with Crippen molar-refractivity contribution < 1.29 is 0 Å². The van der Waals surface area contributed by atoms with E-state index < -0.39 is 0 Å². The molecule has 0 spiro atoms. The van der Waals surface area contributed by atoms with E-state index in [-0.39, 0.29) is 0 Å². The normalized spacial score (nSPS) is 12.1. The second-order valence-electron chi connectivity index (χ2n) is 3.28. The molecule has 0 aliphatic rings. The van der Waals surface area contributed by atoms with Gasteiger partial charge in [0.05, 0.1) is 11.6 Å². The van der Waals surface area contributed by atoms with Gasteiger partial charge in [-0.1, -0.05) is 24.6 Å². The van der Waals surface area contributed by atoms with E-state index in [4.69, 9.17) is 22.6 Å². The summed E-state index contributed by atoms with van der Waals surface area (Å²) < 4.78 is 0. The van der Waals surface area contributed by atoms with Gasteiger partial charge in [0.25, 0.3) is 0 Å². The highest BCUT2D eigenvalue weighted by atomic mass is 35.5. The fraction of sp³-hybridized carbons (Fsp3) is 0.364. The number of thioether (sulfide) groups is 1. The number of nitriles is 1. The van der Waals surface area contributed by atoms with Crippen molar-refractivity contribution in [1.29, 1.82) is 5.26 Å². The molecule has 0 aliphatic heterocycles. The first kappa shape index (κ1) is 12.4. The molecular weight excluding hydrogens is 228 g/mol. The Morgan fingerprint density at radius 1 is 1.60 bits per heavy atom. The number of rotatable bonds is 4. The van der Waals surface area contributed by atoms with Crippen molar-refractivity contribution in [3.8, 4) is 6.07 Å². The van der Waals surface area contributed by atoms with Gasteiger partial charge in [0.1, 0.15) is 0 Å². The van der Waals surface area contributed by atoms with Gasteiger partial charge in [-0.3, -0.25) is 0 Å². The van der Waals surface area contributed by atoms with Crippen molar-refractivity contribution in [1.82, 2.24) is 0 Å². The lowest BCUT2D eigenvalue weighted by Gasteiger charge is -2.09. The van der Waals surface area contributed by atoms with E-state index in [1.54, 1.807) is 23.9 Å². The van der Waals surface area contributed by atoms with Crippen LogP contribution in [0.2, 0.25) is 5.02 Å². The van der Waals surface area contributed by atoms with Gasteiger partial charge in [0.2, 0.25) is 0 Å². The molecule has 1 aromatic carbocycles. The average Bonchev–Trinajstić information content (AvgIpc) is 2.26. The van der Waals surface area contributed by atoms with Crippen LogP contribution in [0, 0.1) is 11.3 Å². The van der Waals surface area contributed by atoms with Crippen LogP contribution >= 0.6 is 23.4 Å². The van der Waals surface area contributed by atoms with Crippen molar-refractivity contribution >= 4 is 23.4 Å². The molecule has 0 heterocycles. The summed E-state index contributed by atoms with van der Waals surface area (Å²) in [5.74, 6) is 0.836. The largest absolute Gasteiger partial charge is 0.329 e. The number of benzene rings is 1. The molecule has 0 aliphatic carbocycles. The molecule has 80 valence electrons. The number of halogens is 1. The standard InChI is InChI=1S/C11H13ClN2S/c1-8(5-13)15-7-10-3-2-9(6-14)4-11(10)12/h2-4,8H,5,7,13H2,1H3. The molecule has 1 rings (SSSR count). The summed E-state index contributed by atoms with van der Waals surface area (Å²) in [6.07, 6.45) is 0. The van der Waals surface area contributed by atoms with E-state index in [0.29, 0.717) is 22.4 Å². The molecule has 0 aromatic heterocycles. The molecule has 2 nitrogen and oxygen atoms in total. The summed E-state index contributed by atoms with van der Waals surface area (Å²) in [5, 5.41) is 9.76. The fourth-order valence-corrected chi connectivity index (χ4v) is 2.21. The molecule has 0 amide bonds. The van der Waals surface area contributed by atoms with E-state index >= 15 is 0 Å². The molecule has 15 heavy (non-hydrogen) atoms. The van der Waals surface area contributed by atoms with Crippen molar-refractivity contribution in [3.63, 3.8) is 0 Å². The van der Waals surface area contributed by atoms with Crippen LogP contribution in [0.5, 0.6) is 0 Å². The Hall–Kier alpha value is -0.690. The van der Waals surface area contributed by atoms with Crippen molar-refractivity contribution in [2.75, 3.05) is 6.54 Å². The third kappa shape index (κ3) is 3.75. The van der Waals surface area contributed by atoms with E-state index in [1.807, 2.05) is 6.07 Å². The summed E-state index contributed by atoms with van der Waals surface area (Å²) >= 11 is 7.80. The molecule has 0 saturated heterocycles. The zero-order valence-electron chi connectivity index (χ0n) is 8.53. The SMILES string of the molecule is CC(CN)SCc1ccc(C#N)cc1Cl. The minimum absolute atomic E-state index is 0.428. The maximum Gasteiger partial charge on any atom is 0.0992 e. The minimum atomic E-state index is 0.428. The predicted octanol–water partition coefficient (Wildman–Crippen LogP) is 2.79. The minimum Gasteiger partial charge on any atom is -0.329 e. The maximum atomic E-state index is 8.68. The van der Waals surface area contributed by atoms with Gasteiger partial charge < -0.3 is 5.73 Å². The van der Waals surface area contributed by atoms with Gasteiger partial charge in [-0.05, 0) is 17.7 Å². The Labute approximate surface area is 99.4 Å². The Balaban J connectivity index is 2.67. The number of nitrogens with two attached hydrogens (primary N) is 1. The van der Waals surface area contributed by atoms with Crippen LogP contribution in [0.3, 0.4) is 0 Å². The molecule has 2 N–H and O–H groups in total. The molecule has 0 radical (unpaired) electrons. The maximum absolute atomic E-state index is 8.68. The highest BCUT2D eigenvalue weighted by molar-refractivity contribution is 7.99. The lowest BCUT2D eigenvalue weighted by atomic mass is 10.2. The van der Waals surface area contributed by atoms with E-state index in [1.165, 1.54) is 0 Å². The summed E-state index contributed by atoms with van der Waals surface area (Å²) in [4.78, 5) is 0. The van der Waals surface area contributed by atoms with Crippen LogP contribution in [0.15, 0.2) is 18.2 Å². The molecule has 4 heteroatoms. The van der Waals surface area contributed by atoms with Crippen LogP contribution in [-0.2, 0) is 5.75 Å². The van der Waals surface area contributed by atoms with Crippen molar-refractivity contribution in [2.24, 2.45) is 5.73 Å². The number of hydrogen-bond donors (Lipinski definition) is 1. The van der Waals surface area contributed by atoms with Gasteiger partial charge in [0, 0.05) is 22.6 Å². The van der Waals surface area contributed by atoms with Crippen LogP contribution < -0.4 is 5.73 Å². The zero-order chi connectivity index (χ0) is 11.3. The average molecular weight is 241 g/mol. The molecular formula is C11H13ClN2S. The monoisotopic (exact) mass is 240 g/mol. The van der Waals surface area contributed by atoms with Crippen LogP contribution in [-0.4, -0.2) is 11.8 Å². The van der Waals surface area contributed by atoms with Crippen LogP contribution in [0.25, 0.3) is 0 Å². The predicted molar refractivity (Wildman–Crippen MR) is 66.0 cm³/mol. The van der Waals surface area contributed by atoms with Gasteiger partial charge in [-0.25, -0.2) is 0 Å². The summed E-state index contributed by atoms with van der Waals surface area (Å²) in [6.45, 7) is 2.75. The molecule has 0 saturated carbocycles. The van der Waals surface area contributed by atoms with E-state index in [9.17, 15) is 0 Å². The van der Waals surface area contributed by atoms with Gasteiger partial charge in [0.15, 0.2) is 0 Å². The molecule has 1 atom stereocenters. The smallest absolute Gasteiger partial charge is 0.0992 e. The third-order valence-corrected chi connectivity index (χ3v) is 3.63. The van der Waals surface area contributed by atoms with Crippen LogP contribution in [0.1, 0.15) is 18.1 Å².